The predicted octanol–water partition coefficient (Wildman–Crippen LogP) is 1.24. The highest BCUT2D eigenvalue weighted by molar-refractivity contribution is 14.0. The molecule has 0 bridgehead atoms. The monoisotopic (exact) mass is 538 g/mol. The minimum Gasteiger partial charge on any atom is -0.492 e. The molecule has 2 rings (SSSR count). The Kier molecular flexibility index (Phi) is 11.3. The molecule has 0 saturated carbocycles. The Hall–Kier alpha value is -1.56. The molecule has 10 heteroatoms. The van der Waals surface area contributed by atoms with E-state index in [1.807, 2.05) is 38.1 Å². The molecular formula is C19H31IN4O4S. The second-order valence-corrected chi connectivity index (χ2v) is 9.00. The van der Waals surface area contributed by atoms with Gasteiger partial charge in [0.25, 0.3) is 0 Å². The fourth-order valence-corrected chi connectivity index (χ4v) is 4.47. The Morgan fingerprint density at radius 2 is 1.97 bits per heavy atom. The summed E-state index contributed by atoms with van der Waals surface area (Å²) in [5.74, 6) is 1.44. The highest BCUT2D eigenvalue weighted by Crippen LogP contribution is 2.11. The van der Waals surface area contributed by atoms with E-state index in [-0.39, 0.29) is 53.9 Å². The van der Waals surface area contributed by atoms with Crippen molar-refractivity contribution in [3.05, 3.63) is 29.8 Å². The number of nitrogens with one attached hydrogen (secondary N) is 3. The third kappa shape index (κ3) is 10.2. The van der Waals surface area contributed by atoms with Gasteiger partial charge >= 0.3 is 0 Å². The van der Waals surface area contributed by atoms with Crippen LogP contribution in [-0.4, -0.2) is 64.1 Å². The number of hydrogen-bond acceptors (Lipinski definition) is 5. The SMILES string of the molecule is CCNC(=NCCC(=O)NC1CCS(=O)(=O)C1)NCCOc1ccc(C)cc1.I. The fraction of sp³-hybridized carbons (Fsp3) is 0.579. The Morgan fingerprint density at radius 3 is 2.59 bits per heavy atom. The third-order valence-corrected chi connectivity index (χ3v) is 6.00. The maximum atomic E-state index is 12.0. The van der Waals surface area contributed by atoms with Crippen molar-refractivity contribution in [2.24, 2.45) is 4.99 Å². The highest BCUT2D eigenvalue weighted by atomic mass is 127. The van der Waals surface area contributed by atoms with Gasteiger partial charge in [-0.25, -0.2) is 8.42 Å². The van der Waals surface area contributed by atoms with Crippen LogP contribution in [0.4, 0.5) is 0 Å². The molecule has 164 valence electrons. The normalized spacial score (nSPS) is 17.9. The largest absolute Gasteiger partial charge is 0.492 e. The maximum Gasteiger partial charge on any atom is 0.222 e. The molecule has 1 heterocycles. The van der Waals surface area contributed by atoms with Crippen molar-refractivity contribution in [3.63, 3.8) is 0 Å². The van der Waals surface area contributed by atoms with Crippen molar-refractivity contribution >= 4 is 45.7 Å². The molecule has 1 aliphatic heterocycles. The number of benzene rings is 1. The molecule has 0 radical (unpaired) electrons. The number of halogens is 1. The summed E-state index contributed by atoms with van der Waals surface area (Å²) >= 11 is 0. The second-order valence-electron chi connectivity index (χ2n) is 6.77. The molecule has 8 nitrogen and oxygen atoms in total. The van der Waals surface area contributed by atoms with Crippen LogP contribution in [0.5, 0.6) is 5.75 Å². The first-order chi connectivity index (χ1) is 13.4. The third-order valence-electron chi connectivity index (χ3n) is 4.23. The summed E-state index contributed by atoms with van der Waals surface area (Å²) in [6.45, 7) is 6.08. The molecular weight excluding hydrogens is 507 g/mol. The van der Waals surface area contributed by atoms with Gasteiger partial charge in [0.05, 0.1) is 24.6 Å². The zero-order valence-electron chi connectivity index (χ0n) is 16.9. The average Bonchev–Trinajstić information content (AvgIpc) is 2.98. The summed E-state index contributed by atoms with van der Waals surface area (Å²) < 4.78 is 28.5. The Balaban J connectivity index is 0.00000420. The Labute approximate surface area is 190 Å². The zero-order chi connectivity index (χ0) is 20.4. The molecule has 0 aromatic heterocycles. The fourth-order valence-electron chi connectivity index (χ4n) is 2.79. The van der Waals surface area contributed by atoms with Gasteiger partial charge in [-0.15, -0.1) is 24.0 Å². The van der Waals surface area contributed by atoms with E-state index in [1.165, 1.54) is 5.56 Å². The van der Waals surface area contributed by atoms with Crippen LogP contribution in [0.2, 0.25) is 0 Å². The number of nitrogens with zero attached hydrogens (tertiary/aromatic N) is 1. The van der Waals surface area contributed by atoms with E-state index in [1.54, 1.807) is 0 Å². The molecule has 1 unspecified atom stereocenters. The number of hydrogen-bond donors (Lipinski definition) is 3. The maximum absolute atomic E-state index is 12.0. The number of rotatable bonds is 9. The lowest BCUT2D eigenvalue weighted by Crippen LogP contribution is -2.40. The van der Waals surface area contributed by atoms with Gasteiger partial charge < -0.3 is 20.7 Å². The molecule has 29 heavy (non-hydrogen) atoms. The van der Waals surface area contributed by atoms with Gasteiger partial charge in [0.2, 0.25) is 5.91 Å². The van der Waals surface area contributed by atoms with Gasteiger partial charge in [-0.3, -0.25) is 9.79 Å². The molecule has 1 fully saturated rings. The number of sulfone groups is 1. The number of carbonyl (C=O) groups is 1. The molecule has 0 aliphatic carbocycles. The van der Waals surface area contributed by atoms with Crippen LogP contribution >= 0.6 is 24.0 Å². The van der Waals surface area contributed by atoms with Gasteiger partial charge in [0.15, 0.2) is 15.8 Å². The van der Waals surface area contributed by atoms with E-state index in [0.717, 1.165) is 5.75 Å². The van der Waals surface area contributed by atoms with E-state index in [4.69, 9.17) is 4.74 Å². The van der Waals surface area contributed by atoms with E-state index < -0.39 is 9.84 Å². The van der Waals surface area contributed by atoms with Gasteiger partial charge in [-0.05, 0) is 32.4 Å². The van der Waals surface area contributed by atoms with Crippen molar-refractivity contribution in [3.8, 4) is 5.75 Å². The van der Waals surface area contributed by atoms with Crippen molar-refractivity contribution in [2.45, 2.75) is 32.7 Å². The number of aliphatic imine (C=N–C) groups is 1. The molecule has 3 N–H and O–H groups in total. The minimum absolute atomic E-state index is 0. The van der Waals surface area contributed by atoms with E-state index in [0.29, 0.717) is 38.6 Å². The van der Waals surface area contributed by atoms with Crippen LogP contribution in [0.3, 0.4) is 0 Å². The predicted molar refractivity (Wildman–Crippen MR) is 126 cm³/mol. The summed E-state index contributed by atoms with van der Waals surface area (Å²) in [6, 6.07) is 7.60. The smallest absolute Gasteiger partial charge is 0.222 e. The summed E-state index contributed by atoms with van der Waals surface area (Å²) in [5, 5.41) is 9.05. The van der Waals surface area contributed by atoms with Gasteiger partial charge in [0, 0.05) is 19.0 Å². The topological polar surface area (TPSA) is 109 Å². The van der Waals surface area contributed by atoms with Crippen molar-refractivity contribution in [1.29, 1.82) is 0 Å². The Morgan fingerprint density at radius 1 is 1.24 bits per heavy atom. The van der Waals surface area contributed by atoms with Crippen LogP contribution < -0.4 is 20.7 Å². The summed E-state index contributed by atoms with van der Waals surface area (Å²) in [5.41, 5.74) is 1.19. The van der Waals surface area contributed by atoms with Crippen LogP contribution in [0, 0.1) is 6.92 Å². The molecule has 1 aromatic rings. The molecule has 1 atom stereocenters. The first kappa shape index (κ1) is 25.5. The highest BCUT2D eigenvalue weighted by Gasteiger charge is 2.28. The number of carbonyl (C=O) groups excluding carboxylic acids is 1. The number of ether oxygens (including phenoxy) is 1. The van der Waals surface area contributed by atoms with Crippen molar-refractivity contribution in [2.75, 3.05) is 37.7 Å². The van der Waals surface area contributed by atoms with Crippen LogP contribution in [0.1, 0.15) is 25.3 Å². The molecule has 0 spiro atoms. The Bertz CT molecular complexity index is 769. The van der Waals surface area contributed by atoms with Crippen molar-refractivity contribution < 1.29 is 17.9 Å². The van der Waals surface area contributed by atoms with Gasteiger partial charge in [0.1, 0.15) is 12.4 Å². The first-order valence-electron chi connectivity index (χ1n) is 9.59. The lowest BCUT2D eigenvalue weighted by Gasteiger charge is -2.13. The van der Waals surface area contributed by atoms with E-state index in [2.05, 4.69) is 20.9 Å². The molecule has 1 aliphatic rings. The lowest BCUT2D eigenvalue weighted by molar-refractivity contribution is -0.121. The average molecular weight is 538 g/mol. The summed E-state index contributed by atoms with van der Waals surface area (Å²) in [6.07, 6.45) is 0.704. The van der Waals surface area contributed by atoms with Crippen LogP contribution in [0.25, 0.3) is 0 Å². The second kappa shape index (κ2) is 12.9. The van der Waals surface area contributed by atoms with E-state index >= 15 is 0 Å². The van der Waals surface area contributed by atoms with E-state index in [9.17, 15) is 13.2 Å². The molecule has 1 amide bonds. The lowest BCUT2D eigenvalue weighted by atomic mass is 10.2. The van der Waals surface area contributed by atoms with Crippen LogP contribution in [-0.2, 0) is 14.6 Å². The quantitative estimate of drug-likeness (QED) is 0.189. The first-order valence-corrected chi connectivity index (χ1v) is 11.4. The number of guanidine groups is 1. The van der Waals surface area contributed by atoms with Gasteiger partial charge in [-0.1, -0.05) is 17.7 Å². The van der Waals surface area contributed by atoms with Crippen LogP contribution in [0.15, 0.2) is 29.3 Å². The number of aryl methyl sites for hydroxylation is 1. The standard InChI is InChI=1S/C19H30N4O4S.HI/c1-3-20-19(22-11-12-27-17-6-4-15(2)5-7-17)21-10-8-18(24)23-16-9-13-28(25,26)14-16;/h4-7,16H,3,8-14H2,1-2H3,(H,23,24)(H2,20,21,22);1H. The zero-order valence-corrected chi connectivity index (χ0v) is 20.1. The summed E-state index contributed by atoms with van der Waals surface area (Å²) in [4.78, 5) is 16.3. The molecule has 1 saturated heterocycles. The van der Waals surface area contributed by atoms with Crippen molar-refractivity contribution in [1.82, 2.24) is 16.0 Å². The molecule has 1 aromatic carbocycles. The minimum atomic E-state index is -2.99. The number of amides is 1. The summed E-state index contributed by atoms with van der Waals surface area (Å²) in [7, 11) is -2.99. The van der Waals surface area contributed by atoms with Gasteiger partial charge in [-0.2, -0.15) is 0 Å².